The van der Waals surface area contributed by atoms with Crippen molar-refractivity contribution in [2.45, 2.75) is 19.0 Å². The van der Waals surface area contributed by atoms with E-state index in [-0.39, 0.29) is 17.1 Å². The van der Waals surface area contributed by atoms with Gasteiger partial charge in [-0.3, -0.25) is 14.0 Å². The molecule has 5 aromatic rings. The molecule has 8 heteroatoms. The monoisotopic (exact) mass is 458 g/mol. The van der Waals surface area contributed by atoms with Crippen LogP contribution >= 0.6 is 11.8 Å². The average Bonchev–Trinajstić information content (AvgIpc) is 3.23. The van der Waals surface area contributed by atoms with Crippen molar-refractivity contribution in [3.63, 3.8) is 0 Å². The molecule has 0 unspecified atom stereocenters. The Morgan fingerprint density at radius 1 is 0.939 bits per heavy atom. The maximum Gasteiger partial charge on any atom is 0.267 e. The Balaban J connectivity index is 1.67. The van der Waals surface area contributed by atoms with Crippen LogP contribution in [0.4, 0.5) is 4.39 Å². The predicted octanol–water partition coefficient (Wildman–Crippen LogP) is 4.76. The first-order chi connectivity index (χ1) is 16.0. The van der Waals surface area contributed by atoms with Crippen LogP contribution in [0.25, 0.3) is 22.4 Å². The molecular formula is C25H19FN4O2S. The van der Waals surface area contributed by atoms with Crippen molar-refractivity contribution in [2.75, 3.05) is 5.75 Å². The maximum atomic E-state index is 13.5. The summed E-state index contributed by atoms with van der Waals surface area (Å²) in [6, 6.07) is 18.6. The molecule has 6 nitrogen and oxygen atoms in total. The summed E-state index contributed by atoms with van der Waals surface area (Å²) < 4.78 is 16.6. The molecule has 0 fully saturated rings. The number of aryl methyl sites for hydroxylation is 2. The number of carbonyl (C=O) groups excluding carboxylic acids is 1. The molecule has 5 rings (SSSR count). The van der Waals surface area contributed by atoms with E-state index in [0.29, 0.717) is 27.4 Å². The van der Waals surface area contributed by atoms with Crippen molar-refractivity contribution < 1.29 is 9.18 Å². The molecular weight excluding hydrogens is 439 g/mol. The summed E-state index contributed by atoms with van der Waals surface area (Å²) in [4.78, 5) is 26.2. The third-order valence-electron chi connectivity index (χ3n) is 5.56. The summed E-state index contributed by atoms with van der Waals surface area (Å²) >= 11 is 1.23. The van der Waals surface area contributed by atoms with Gasteiger partial charge >= 0.3 is 0 Å². The molecule has 3 aromatic carbocycles. The minimum atomic E-state index is -0.390. The molecule has 0 N–H and O–H groups in total. The van der Waals surface area contributed by atoms with Crippen LogP contribution in [0.1, 0.15) is 21.5 Å². The van der Waals surface area contributed by atoms with Crippen molar-refractivity contribution >= 4 is 34.2 Å². The van der Waals surface area contributed by atoms with Crippen LogP contribution < -0.4 is 5.56 Å². The highest BCUT2D eigenvalue weighted by Gasteiger charge is 2.20. The van der Waals surface area contributed by atoms with Crippen LogP contribution in [-0.2, 0) is 0 Å². The van der Waals surface area contributed by atoms with Crippen molar-refractivity contribution in [1.82, 2.24) is 19.2 Å². The standard InChI is InChI=1S/C25H19FN4O2S/c1-15-6-5-7-16(2)22(15)30-23(32)19-8-3-4-9-20(19)29-24(30)27-28-25(29)33-14-21(31)17-10-12-18(26)13-11-17/h3-13H,14H2,1-2H3. The number of carbonyl (C=O) groups is 1. The number of hydrogen-bond donors (Lipinski definition) is 0. The number of benzene rings is 3. The number of ketones is 1. The number of fused-ring (bicyclic) bond motifs is 3. The summed E-state index contributed by atoms with van der Waals surface area (Å²) in [6.07, 6.45) is 0. The van der Waals surface area contributed by atoms with Gasteiger partial charge in [0.15, 0.2) is 10.9 Å². The van der Waals surface area contributed by atoms with E-state index in [2.05, 4.69) is 10.2 Å². The third-order valence-corrected chi connectivity index (χ3v) is 6.49. The normalized spacial score (nSPS) is 11.4. The molecule has 0 spiro atoms. The second-order valence-corrected chi connectivity index (χ2v) is 8.68. The molecule has 33 heavy (non-hydrogen) atoms. The largest absolute Gasteiger partial charge is 0.293 e. The molecule has 0 aliphatic rings. The topological polar surface area (TPSA) is 69.3 Å². The van der Waals surface area contributed by atoms with Crippen LogP contribution in [0, 0.1) is 19.7 Å². The van der Waals surface area contributed by atoms with Gasteiger partial charge in [-0.05, 0) is 61.4 Å². The second kappa shape index (κ2) is 8.29. The van der Waals surface area contributed by atoms with Gasteiger partial charge in [0.25, 0.3) is 5.56 Å². The van der Waals surface area contributed by atoms with Crippen molar-refractivity contribution in [3.8, 4) is 5.69 Å². The smallest absolute Gasteiger partial charge is 0.267 e. The number of Topliss-reactive ketones (excluding diaryl/α,β-unsaturated/α-hetero) is 1. The molecule has 164 valence electrons. The van der Waals surface area contributed by atoms with E-state index in [1.165, 1.54) is 36.0 Å². The van der Waals surface area contributed by atoms with Gasteiger partial charge in [-0.2, -0.15) is 0 Å². The van der Waals surface area contributed by atoms with E-state index in [9.17, 15) is 14.0 Å². The van der Waals surface area contributed by atoms with Gasteiger partial charge in [0.1, 0.15) is 5.82 Å². The zero-order chi connectivity index (χ0) is 23.1. The maximum absolute atomic E-state index is 13.5. The van der Waals surface area contributed by atoms with E-state index < -0.39 is 5.82 Å². The van der Waals surface area contributed by atoms with Crippen LogP contribution in [0.15, 0.2) is 76.7 Å². The zero-order valence-electron chi connectivity index (χ0n) is 17.9. The van der Waals surface area contributed by atoms with Crippen LogP contribution in [0.3, 0.4) is 0 Å². The Hall–Kier alpha value is -3.78. The first-order valence-electron chi connectivity index (χ1n) is 10.3. The van der Waals surface area contributed by atoms with Gasteiger partial charge in [0.05, 0.1) is 22.3 Å². The minimum Gasteiger partial charge on any atom is -0.293 e. The lowest BCUT2D eigenvalue weighted by Gasteiger charge is -2.15. The number of nitrogens with zero attached hydrogens (tertiary/aromatic N) is 4. The highest BCUT2D eigenvalue weighted by atomic mass is 32.2. The summed E-state index contributed by atoms with van der Waals surface area (Å²) in [5, 5.41) is 9.68. The molecule has 0 atom stereocenters. The van der Waals surface area contributed by atoms with Gasteiger partial charge in [-0.1, -0.05) is 42.1 Å². The Bertz CT molecular complexity index is 1570. The van der Waals surface area contributed by atoms with Crippen LogP contribution in [0.5, 0.6) is 0 Å². The summed E-state index contributed by atoms with van der Waals surface area (Å²) in [5.41, 5.74) is 3.57. The molecule has 2 aromatic heterocycles. The first kappa shape index (κ1) is 21.1. The number of aromatic nitrogens is 4. The molecule has 0 radical (unpaired) electrons. The molecule has 0 amide bonds. The zero-order valence-corrected chi connectivity index (χ0v) is 18.8. The lowest BCUT2D eigenvalue weighted by molar-refractivity contribution is 0.102. The van der Waals surface area contributed by atoms with Gasteiger partial charge < -0.3 is 0 Å². The molecule has 0 saturated carbocycles. The van der Waals surface area contributed by atoms with Crippen molar-refractivity contribution in [2.24, 2.45) is 0 Å². The quantitative estimate of drug-likeness (QED) is 0.280. The number of rotatable bonds is 5. The SMILES string of the molecule is Cc1cccc(C)c1-n1c(=O)c2ccccc2n2c(SCC(=O)c3ccc(F)cc3)nnc12. The number of thioether (sulfide) groups is 1. The van der Waals surface area contributed by atoms with E-state index in [4.69, 9.17) is 0 Å². The molecule has 0 aliphatic carbocycles. The van der Waals surface area contributed by atoms with E-state index in [0.717, 1.165) is 16.8 Å². The lowest BCUT2D eigenvalue weighted by Crippen LogP contribution is -2.23. The van der Waals surface area contributed by atoms with Gasteiger partial charge in [-0.15, -0.1) is 10.2 Å². The lowest BCUT2D eigenvalue weighted by atomic mass is 10.1. The van der Waals surface area contributed by atoms with Crippen LogP contribution in [0.2, 0.25) is 0 Å². The fourth-order valence-electron chi connectivity index (χ4n) is 3.98. The summed E-state index contributed by atoms with van der Waals surface area (Å²) in [7, 11) is 0. The van der Waals surface area contributed by atoms with E-state index in [1.54, 1.807) is 10.6 Å². The molecule has 0 saturated heterocycles. The fraction of sp³-hybridized carbons (Fsp3) is 0.120. The number of halogens is 1. The van der Waals surface area contributed by atoms with Gasteiger partial charge in [0.2, 0.25) is 5.78 Å². The molecule has 0 bridgehead atoms. The molecule has 0 aliphatic heterocycles. The predicted molar refractivity (Wildman–Crippen MR) is 127 cm³/mol. The highest BCUT2D eigenvalue weighted by molar-refractivity contribution is 7.99. The fourth-order valence-corrected chi connectivity index (χ4v) is 4.82. The third kappa shape index (κ3) is 3.62. The van der Waals surface area contributed by atoms with Gasteiger partial charge in [0, 0.05) is 5.56 Å². The second-order valence-electron chi connectivity index (χ2n) is 7.73. The van der Waals surface area contributed by atoms with E-state index >= 15 is 0 Å². The van der Waals surface area contributed by atoms with Crippen LogP contribution in [-0.4, -0.2) is 30.7 Å². The average molecular weight is 459 g/mol. The summed E-state index contributed by atoms with van der Waals surface area (Å²) in [6.45, 7) is 3.90. The van der Waals surface area contributed by atoms with Gasteiger partial charge in [-0.25, -0.2) is 8.96 Å². The number of hydrogen-bond acceptors (Lipinski definition) is 5. The van der Waals surface area contributed by atoms with Crippen molar-refractivity contribution in [1.29, 1.82) is 0 Å². The highest BCUT2D eigenvalue weighted by Crippen LogP contribution is 2.26. The molecule has 2 heterocycles. The Kier molecular flexibility index (Phi) is 5.30. The van der Waals surface area contributed by atoms with Crippen molar-refractivity contribution in [3.05, 3.63) is 99.6 Å². The Morgan fingerprint density at radius 3 is 2.36 bits per heavy atom. The first-order valence-corrected chi connectivity index (χ1v) is 11.3. The Labute approximate surface area is 192 Å². The summed E-state index contributed by atoms with van der Waals surface area (Å²) in [5.74, 6) is -0.0564. The number of para-hydroxylation sites is 2. The Morgan fingerprint density at radius 2 is 1.64 bits per heavy atom. The van der Waals surface area contributed by atoms with E-state index in [1.807, 2.05) is 54.6 Å². The minimum absolute atomic E-state index is 0.100.